The van der Waals surface area contributed by atoms with Crippen LogP contribution in [0.5, 0.6) is 0 Å². The summed E-state index contributed by atoms with van der Waals surface area (Å²) in [6.07, 6.45) is 16.2. The fraction of sp³-hybridized carbons (Fsp3) is 0.419. The van der Waals surface area contributed by atoms with Crippen LogP contribution in [0.4, 0.5) is 0 Å². The van der Waals surface area contributed by atoms with E-state index < -0.39 is 0 Å². The van der Waals surface area contributed by atoms with Crippen LogP contribution in [0.15, 0.2) is 48.6 Å². The van der Waals surface area contributed by atoms with Crippen molar-refractivity contribution in [2.24, 2.45) is 11.8 Å². The minimum absolute atomic E-state index is 0.111. The molecule has 0 heterocycles. The van der Waals surface area contributed by atoms with Gasteiger partial charge < -0.3 is 10.6 Å². The SMILES string of the molecule is O=C(/C=C/c1c(Cl)cccc1Cl)NC1CCC(CC2CCC(NC(=O)/C=C/c3c(Cl)cccc3Cl)CC2)CC1. The second-order valence-corrected chi connectivity index (χ2v) is 12.3. The molecule has 0 radical (unpaired) electrons. The van der Waals surface area contributed by atoms with Gasteiger partial charge in [-0.1, -0.05) is 58.5 Å². The Labute approximate surface area is 251 Å². The van der Waals surface area contributed by atoms with Crippen LogP contribution >= 0.6 is 46.4 Å². The highest BCUT2D eigenvalue weighted by Crippen LogP contribution is 2.35. The van der Waals surface area contributed by atoms with E-state index in [2.05, 4.69) is 10.6 Å². The lowest BCUT2D eigenvalue weighted by Crippen LogP contribution is -2.38. The van der Waals surface area contributed by atoms with Crippen LogP contribution in [0.25, 0.3) is 12.2 Å². The Morgan fingerprint density at radius 2 is 0.949 bits per heavy atom. The molecule has 0 unspecified atom stereocenters. The fourth-order valence-corrected chi connectivity index (χ4v) is 6.76. The Morgan fingerprint density at radius 3 is 1.28 bits per heavy atom. The summed E-state index contributed by atoms with van der Waals surface area (Å²) in [4.78, 5) is 24.9. The number of carbonyl (C=O) groups excluding carboxylic acids is 2. The highest BCUT2D eigenvalue weighted by Gasteiger charge is 2.27. The Balaban J connectivity index is 1.13. The maximum Gasteiger partial charge on any atom is 0.244 e. The van der Waals surface area contributed by atoms with E-state index in [-0.39, 0.29) is 23.9 Å². The number of hydrogen-bond acceptors (Lipinski definition) is 2. The van der Waals surface area contributed by atoms with Gasteiger partial charge in [-0.2, -0.15) is 0 Å². The third-order valence-corrected chi connectivity index (χ3v) is 9.17. The van der Waals surface area contributed by atoms with Crippen molar-refractivity contribution in [2.75, 3.05) is 0 Å². The number of nitrogens with one attached hydrogen (secondary N) is 2. The fourth-order valence-electron chi connectivity index (χ4n) is 5.71. The Bertz CT molecular complexity index is 1080. The lowest BCUT2D eigenvalue weighted by atomic mass is 9.75. The summed E-state index contributed by atoms with van der Waals surface area (Å²) in [5.41, 5.74) is 1.32. The third-order valence-electron chi connectivity index (χ3n) is 7.86. The van der Waals surface area contributed by atoms with E-state index in [9.17, 15) is 9.59 Å². The number of benzene rings is 2. The van der Waals surface area contributed by atoms with Crippen LogP contribution in [0.2, 0.25) is 20.1 Å². The van der Waals surface area contributed by atoms with Crippen molar-refractivity contribution in [3.05, 3.63) is 79.8 Å². The first-order valence-electron chi connectivity index (χ1n) is 13.6. The minimum Gasteiger partial charge on any atom is -0.350 e. The summed E-state index contributed by atoms with van der Waals surface area (Å²) in [6.45, 7) is 0. The molecule has 208 valence electrons. The Hall–Kier alpha value is -1.98. The Morgan fingerprint density at radius 1 is 0.615 bits per heavy atom. The summed E-state index contributed by atoms with van der Waals surface area (Å²) in [7, 11) is 0. The third kappa shape index (κ3) is 9.01. The second kappa shape index (κ2) is 14.6. The molecular formula is C31H34Cl4N2O2. The summed E-state index contributed by atoms with van der Waals surface area (Å²) in [5.74, 6) is 1.18. The lowest BCUT2D eigenvalue weighted by Gasteiger charge is -2.34. The second-order valence-electron chi connectivity index (χ2n) is 10.6. The molecule has 0 aliphatic heterocycles. The van der Waals surface area contributed by atoms with Crippen molar-refractivity contribution in [3.63, 3.8) is 0 Å². The monoisotopic (exact) mass is 606 g/mol. The quantitative estimate of drug-likeness (QED) is 0.295. The Kier molecular flexibility index (Phi) is 11.2. The van der Waals surface area contributed by atoms with E-state index in [1.807, 2.05) is 0 Å². The number of rotatable bonds is 8. The smallest absolute Gasteiger partial charge is 0.244 e. The van der Waals surface area contributed by atoms with Gasteiger partial charge in [0.1, 0.15) is 0 Å². The molecule has 39 heavy (non-hydrogen) atoms. The molecule has 0 aromatic heterocycles. The average Bonchev–Trinajstić information content (AvgIpc) is 2.90. The molecule has 2 N–H and O–H groups in total. The predicted molar refractivity (Wildman–Crippen MR) is 163 cm³/mol. The van der Waals surface area contributed by atoms with Crippen molar-refractivity contribution in [1.82, 2.24) is 10.6 Å². The van der Waals surface area contributed by atoms with Gasteiger partial charge in [0.15, 0.2) is 0 Å². The summed E-state index contributed by atoms with van der Waals surface area (Å²) >= 11 is 24.7. The van der Waals surface area contributed by atoms with Gasteiger partial charge in [0.25, 0.3) is 0 Å². The van der Waals surface area contributed by atoms with Gasteiger partial charge in [-0.05, 0) is 106 Å². The normalized spacial score (nSPS) is 23.7. The molecule has 8 heteroatoms. The van der Waals surface area contributed by atoms with Crippen LogP contribution in [0.3, 0.4) is 0 Å². The molecular weight excluding hydrogens is 574 g/mol. The number of amides is 2. The molecule has 2 fully saturated rings. The van der Waals surface area contributed by atoms with E-state index in [0.29, 0.717) is 43.1 Å². The first-order chi connectivity index (χ1) is 18.8. The minimum atomic E-state index is -0.111. The van der Waals surface area contributed by atoms with Crippen molar-refractivity contribution in [3.8, 4) is 0 Å². The van der Waals surface area contributed by atoms with Gasteiger partial charge >= 0.3 is 0 Å². The largest absolute Gasteiger partial charge is 0.350 e. The first-order valence-corrected chi connectivity index (χ1v) is 15.1. The highest BCUT2D eigenvalue weighted by molar-refractivity contribution is 6.37. The van der Waals surface area contributed by atoms with Crippen LogP contribution in [0.1, 0.15) is 68.9 Å². The first kappa shape index (κ1) is 30.0. The van der Waals surface area contributed by atoms with Crippen LogP contribution in [-0.4, -0.2) is 23.9 Å². The molecule has 2 aromatic carbocycles. The maximum atomic E-state index is 12.4. The van der Waals surface area contributed by atoms with E-state index in [4.69, 9.17) is 46.4 Å². The molecule has 4 rings (SSSR count). The van der Waals surface area contributed by atoms with Gasteiger partial charge in [-0.3, -0.25) is 9.59 Å². The maximum absolute atomic E-state index is 12.4. The van der Waals surface area contributed by atoms with E-state index in [0.717, 1.165) is 51.4 Å². The van der Waals surface area contributed by atoms with Crippen LogP contribution in [-0.2, 0) is 9.59 Å². The number of halogens is 4. The van der Waals surface area contributed by atoms with Gasteiger partial charge in [0.05, 0.1) is 0 Å². The van der Waals surface area contributed by atoms with Gasteiger partial charge in [-0.25, -0.2) is 0 Å². The average molecular weight is 608 g/mol. The number of hydrogen-bond donors (Lipinski definition) is 2. The molecule has 2 amide bonds. The zero-order chi connectivity index (χ0) is 27.8. The predicted octanol–water partition coefficient (Wildman–Crippen LogP) is 8.77. The highest BCUT2D eigenvalue weighted by atomic mass is 35.5. The van der Waals surface area contributed by atoms with Crippen LogP contribution in [0, 0.1) is 11.8 Å². The molecule has 0 atom stereocenters. The molecule has 2 aliphatic carbocycles. The van der Waals surface area contributed by atoms with E-state index >= 15 is 0 Å². The van der Waals surface area contributed by atoms with E-state index in [1.54, 1.807) is 48.6 Å². The van der Waals surface area contributed by atoms with Crippen molar-refractivity contribution in [1.29, 1.82) is 0 Å². The summed E-state index contributed by atoms with van der Waals surface area (Å²) in [6, 6.07) is 11.0. The molecule has 4 nitrogen and oxygen atoms in total. The number of carbonyl (C=O) groups is 2. The van der Waals surface area contributed by atoms with Gasteiger partial charge in [0, 0.05) is 55.5 Å². The van der Waals surface area contributed by atoms with E-state index in [1.165, 1.54) is 18.6 Å². The van der Waals surface area contributed by atoms with Crippen molar-refractivity contribution >= 4 is 70.4 Å². The molecule has 0 saturated heterocycles. The van der Waals surface area contributed by atoms with Gasteiger partial charge in [0.2, 0.25) is 11.8 Å². The molecule has 0 spiro atoms. The van der Waals surface area contributed by atoms with Crippen molar-refractivity contribution < 1.29 is 9.59 Å². The molecule has 0 bridgehead atoms. The molecule has 2 saturated carbocycles. The molecule has 2 aliphatic rings. The lowest BCUT2D eigenvalue weighted by molar-refractivity contribution is -0.118. The standard InChI is InChI=1S/C31H34Cl4N2O2/c32-26-3-1-4-27(33)24(26)15-17-30(38)36-22-11-7-20(8-12-22)19-21-9-13-23(14-10-21)37-31(39)18-16-25-28(34)5-2-6-29(25)35/h1-6,15-18,20-23H,7-14,19H2,(H,36,38)(H,37,39)/b17-15+,18-16+. The zero-order valence-corrected chi connectivity index (χ0v) is 24.8. The molecule has 2 aromatic rings. The topological polar surface area (TPSA) is 58.2 Å². The summed E-state index contributed by atoms with van der Waals surface area (Å²) < 4.78 is 0. The summed E-state index contributed by atoms with van der Waals surface area (Å²) in [5, 5.41) is 8.37. The zero-order valence-electron chi connectivity index (χ0n) is 21.8. The van der Waals surface area contributed by atoms with Gasteiger partial charge in [-0.15, -0.1) is 0 Å². The van der Waals surface area contributed by atoms with Crippen molar-refractivity contribution in [2.45, 2.75) is 69.9 Å². The van der Waals surface area contributed by atoms with Crippen LogP contribution < -0.4 is 10.6 Å².